The van der Waals surface area contributed by atoms with E-state index >= 15 is 0 Å². The lowest BCUT2D eigenvalue weighted by Crippen LogP contribution is -2.24. The summed E-state index contributed by atoms with van der Waals surface area (Å²) >= 11 is 0. The summed E-state index contributed by atoms with van der Waals surface area (Å²) in [6.45, 7) is 3.61. The average Bonchev–Trinajstić information content (AvgIpc) is 2.89. The molecule has 0 heterocycles. The Labute approximate surface area is 215 Å². The van der Waals surface area contributed by atoms with Gasteiger partial charge in [0.1, 0.15) is 17.9 Å². The van der Waals surface area contributed by atoms with Gasteiger partial charge in [-0.15, -0.1) is 0 Å². The number of hydrogen-bond donors (Lipinski definition) is 1. The van der Waals surface area contributed by atoms with Gasteiger partial charge < -0.3 is 19.3 Å². The van der Waals surface area contributed by atoms with E-state index in [2.05, 4.69) is 13.0 Å². The van der Waals surface area contributed by atoms with E-state index in [0.717, 1.165) is 12.0 Å². The van der Waals surface area contributed by atoms with E-state index in [1.165, 1.54) is 96.3 Å². The summed E-state index contributed by atoms with van der Waals surface area (Å²) in [7, 11) is 1.55. The second-order valence-electron chi connectivity index (χ2n) is 9.64. The molecule has 0 aliphatic rings. The molecule has 0 bridgehead atoms. The maximum Gasteiger partial charge on any atom is 0.136 e. The smallest absolute Gasteiger partial charge is 0.136 e. The Kier molecular flexibility index (Phi) is 20.5. The van der Waals surface area contributed by atoms with Crippen LogP contribution in [-0.2, 0) is 16.1 Å². The van der Waals surface area contributed by atoms with E-state index in [1.807, 2.05) is 6.07 Å². The fourth-order valence-electron chi connectivity index (χ4n) is 4.27. The zero-order valence-corrected chi connectivity index (χ0v) is 22.6. The summed E-state index contributed by atoms with van der Waals surface area (Å²) in [6.07, 6.45) is 21.4. The van der Waals surface area contributed by atoms with Gasteiger partial charge in [0.2, 0.25) is 0 Å². The number of ether oxygens (including phenoxy) is 3. The van der Waals surface area contributed by atoms with Crippen LogP contribution in [0.25, 0.3) is 0 Å². The molecule has 5 nitrogen and oxygen atoms in total. The van der Waals surface area contributed by atoms with Crippen LogP contribution in [0.1, 0.15) is 121 Å². The van der Waals surface area contributed by atoms with Gasteiger partial charge in [-0.1, -0.05) is 109 Å². The fraction of sp³-hybridized carbons (Fsp3) is 0.767. The van der Waals surface area contributed by atoms with Crippen molar-refractivity contribution in [3.63, 3.8) is 0 Å². The third kappa shape index (κ3) is 16.6. The molecule has 0 radical (unpaired) electrons. The highest BCUT2D eigenvalue weighted by Crippen LogP contribution is 2.19. The van der Waals surface area contributed by atoms with E-state index in [-0.39, 0.29) is 12.7 Å². The molecule has 1 aromatic rings. The molecule has 0 saturated carbocycles. The summed E-state index contributed by atoms with van der Waals surface area (Å²) in [5.41, 5.74) is 1.35. The van der Waals surface area contributed by atoms with Gasteiger partial charge in [0.05, 0.1) is 32.5 Å². The van der Waals surface area contributed by atoms with Crippen LogP contribution in [0.15, 0.2) is 18.2 Å². The normalized spacial score (nSPS) is 11.9. The number of nitrogens with zero attached hydrogens (tertiary/aromatic N) is 1. The number of aliphatic hydroxyl groups excluding tert-OH is 1. The minimum absolute atomic E-state index is 0.0831. The number of nitriles is 1. The van der Waals surface area contributed by atoms with Crippen molar-refractivity contribution < 1.29 is 19.3 Å². The molecular formula is C30H51NO4. The predicted molar refractivity (Wildman–Crippen MR) is 144 cm³/mol. The van der Waals surface area contributed by atoms with Gasteiger partial charge in [0.15, 0.2) is 0 Å². The molecule has 1 unspecified atom stereocenters. The molecule has 0 aliphatic heterocycles. The molecule has 0 spiro atoms. The van der Waals surface area contributed by atoms with Crippen molar-refractivity contribution in [2.75, 3.05) is 26.9 Å². The first-order valence-corrected chi connectivity index (χ1v) is 14.1. The van der Waals surface area contributed by atoms with Crippen molar-refractivity contribution in [2.45, 2.75) is 122 Å². The predicted octanol–water partition coefficient (Wildman–Crippen LogP) is 7.72. The summed E-state index contributed by atoms with van der Waals surface area (Å²) < 4.78 is 16.6. The number of unbranched alkanes of at least 4 members (excludes halogenated alkanes) is 15. The lowest BCUT2D eigenvalue weighted by molar-refractivity contribution is -0.0502. The van der Waals surface area contributed by atoms with E-state index in [0.29, 0.717) is 31.1 Å². The summed E-state index contributed by atoms with van der Waals surface area (Å²) in [6, 6.07) is 7.51. The van der Waals surface area contributed by atoms with Gasteiger partial charge in [0, 0.05) is 6.61 Å². The van der Waals surface area contributed by atoms with Crippen molar-refractivity contribution in [2.24, 2.45) is 0 Å². The Morgan fingerprint density at radius 2 is 1.37 bits per heavy atom. The average molecular weight is 490 g/mol. The highest BCUT2D eigenvalue weighted by atomic mass is 16.5. The monoisotopic (exact) mass is 489 g/mol. The van der Waals surface area contributed by atoms with E-state index in [9.17, 15) is 10.4 Å². The Balaban J connectivity index is 1.92. The van der Waals surface area contributed by atoms with E-state index in [1.54, 1.807) is 19.2 Å². The molecule has 1 N–H and O–H groups in total. The molecule has 0 amide bonds. The number of hydrogen-bond acceptors (Lipinski definition) is 5. The molecule has 0 fully saturated rings. The highest BCUT2D eigenvalue weighted by Gasteiger charge is 2.10. The fourth-order valence-corrected chi connectivity index (χ4v) is 4.27. The molecular weight excluding hydrogens is 438 g/mol. The van der Waals surface area contributed by atoms with Gasteiger partial charge in [-0.3, -0.25) is 0 Å². The number of rotatable bonds is 24. The van der Waals surface area contributed by atoms with Gasteiger partial charge >= 0.3 is 0 Å². The minimum Gasteiger partial charge on any atom is -0.495 e. The topological polar surface area (TPSA) is 71.7 Å². The summed E-state index contributed by atoms with van der Waals surface area (Å²) in [4.78, 5) is 0. The van der Waals surface area contributed by atoms with Crippen molar-refractivity contribution in [1.82, 2.24) is 0 Å². The molecule has 0 aromatic heterocycles. The Morgan fingerprint density at radius 3 is 1.86 bits per heavy atom. The lowest BCUT2D eigenvalue weighted by atomic mass is 10.0. The van der Waals surface area contributed by atoms with Crippen molar-refractivity contribution in [3.05, 3.63) is 29.3 Å². The number of methoxy groups -OCH3 is 1. The standard InChI is InChI=1S/C30H51NO4/c1-3-4-5-6-7-8-9-10-11-12-13-14-15-16-17-18-21-34-26-29(24-32)35-25-27-19-20-30(33-2)28(22-27)23-31/h19-20,22,29,32H,3-18,21,24-26H2,1-2H3. The molecule has 200 valence electrons. The molecule has 5 heteroatoms. The molecule has 0 saturated heterocycles. The molecule has 0 aliphatic carbocycles. The zero-order chi connectivity index (χ0) is 25.4. The Bertz CT molecular complexity index is 658. The molecule has 35 heavy (non-hydrogen) atoms. The largest absolute Gasteiger partial charge is 0.495 e. The van der Waals surface area contributed by atoms with Crippen molar-refractivity contribution in [1.29, 1.82) is 5.26 Å². The minimum atomic E-state index is -0.358. The van der Waals surface area contributed by atoms with Crippen LogP contribution in [0.2, 0.25) is 0 Å². The van der Waals surface area contributed by atoms with E-state index < -0.39 is 0 Å². The second-order valence-corrected chi connectivity index (χ2v) is 9.64. The van der Waals surface area contributed by atoms with Gasteiger partial charge in [-0.2, -0.15) is 5.26 Å². The SMILES string of the molecule is CCCCCCCCCCCCCCCCCCOCC(CO)OCc1ccc(OC)c(C#N)c1. The molecule has 1 atom stereocenters. The van der Waals surface area contributed by atoms with Gasteiger partial charge in [-0.25, -0.2) is 0 Å². The molecule has 1 aromatic carbocycles. The summed E-state index contributed by atoms with van der Waals surface area (Å²) in [5, 5.41) is 18.7. The van der Waals surface area contributed by atoms with Crippen molar-refractivity contribution >= 4 is 0 Å². The third-order valence-electron chi connectivity index (χ3n) is 6.52. The Morgan fingerprint density at radius 1 is 0.829 bits per heavy atom. The van der Waals surface area contributed by atoms with Gasteiger partial charge in [-0.05, 0) is 24.1 Å². The van der Waals surface area contributed by atoms with E-state index in [4.69, 9.17) is 14.2 Å². The number of aliphatic hydroxyl groups is 1. The first kappa shape index (κ1) is 31.4. The quantitative estimate of drug-likeness (QED) is 0.150. The first-order chi connectivity index (χ1) is 17.2. The van der Waals surface area contributed by atoms with Crippen LogP contribution >= 0.6 is 0 Å². The van der Waals surface area contributed by atoms with Crippen LogP contribution in [0.4, 0.5) is 0 Å². The third-order valence-corrected chi connectivity index (χ3v) is 6.52. The van der Waals surface area contributed by atoms with Crippen molar-refractivity contribution in [3.8, 4) is 11.8 Å². The lowest BCUT2D eigenvalue weighted by Gasteiger charge is -2.16. The maximum atomic E-state index is 9.55. The zero-order valence-electron chi connectivity index (χ0n) is 22.6. The van der Waals surface area contributed by atoms with Gasteiger partial charge in [0.25, 0.3) is 0 Å². The number of benzene rings is 1. The Hall–Kier alpha value is -1.61. The second kappa shape index (κ2) is 22.8. The van der Waals surface area contributed by atoms with Crippen LogP contribution < -0.4 is 4.74 Å². The molecule has 1 rings (SSSR count). The maximum absolute atomic E-state index is 9.55. The first-order valence-electron chi connectivity index (χ1n) is 14.1. The van der Waals surface area contributed by atoms with Crippen LogP contribution in [0, 0.1) is 11.3 Å². The summed E-state index contributed by atoms with van der Waals surface area (Å²) in [5.74, 6) is 0.553. The van der Waals surface area contributed by atoms with Crippen LogP contribution in [-0.4, -0.2) is 38.1 Å². The highest BCUT2D eigenvalue weighted by molar-refractivity contribution is 5.45. The van der Waals surface area contributed by atoms with Crippen LogP contribution in [0.3, 0.4) is 0 Å². The van der Waals surface area contributed by atoms with Crippen LogP contribution in [0.5, 0.6) is 5.75 Å².